The lowest BCUT2D eigenvalue weighted by molar-refractivity contribution is 0.102. The summed E-state index contributed by atoms with van der Waals surface area (Å²) in [5.74, 6) is 0.181. The van der Waals surface area contributed by atoms with Crippen molar-refractivity contribution in [2.45, 2.75) is 13.8 Å². The predicted octanol–water partition coefficient (Wildman–Crippen LogP) is 3.80. The topological polar surface area (TPSA) is 64.3 Å². The van der Waals surface area contributed by atoms with E-state index in [4.69, 9.17) is 22.1 Å². The second-order valence-corrected chi connectivity index (χ2v) is 5.26. The number of nitrogens with one attached hydrogen (secondary N) is 1. The van der Waals surface area contributed by atoms with E-state index in [1.54, 1.807) is 18.2 Å². The molecule has 0 heterocycles. The van der Waals surface area contributed by atoms with Crippen molar-refractivity contribution in [1.82, 2.24) is 0 Å². The molecule has 0 fully saturated rings. The lowest BCUT2D eigenvalue weighted by Crippen LogP contribution is -2.14. The van der Waals surface area contributed by atoms with Gasteiger partial charge in [0, 0.05) is 16.4 Å². The second-order valence-electron chi connectivity index (χ2n) is 4.82. The van der Waals surface area contributed by atoms with Gasteiger partial charge in [0.2, 0.25) is 0 Å². The second kappa shape index (κ2) is 6.06. The summed E-state index contributed by atoms with van der Waals surface area (Å²) >= 11 is 5.90. The number of nitrogen functional groups attached to an aromatic ring is 1. The van der Waals surface area contributed by atoms with E-state index in [9.17, 15) is 4.79 Å². The average Bonchev–Trinajstić information content (AvgIpc) is 2.44. The van der Waals surface area contributed by atoms with Gasteiger partial charge >= 0.3 is 0 Å². The molecule has 2 rings (SSSR count). The van der Waals surface area contributed by atoms with Crippen LogP contribution in [0.25, 0.3) is 0 Å². The molecule has 0 atom stereocenters. The van der Waals surface area contributed by atoms with Crippen LogP contribution < -0.4 is 15.8 Å². The summed E-state index contributed by atoms with van der Waals surface area (Å²) < 4.78 is 5.19. The Morgan fingerprint density at radius 3 is 2.57 bits per heavy atom. The van der Waals surface area contributed by atoms with Crippen molar-refractivity contribution in [2.24, 2.45) is 0 Å². The Labute approximate surface area is 128 Å². The van der Waals surface area contributed by atoms with Gasteiger partial charge in [0.05, 0.1) is 12.7 Å². The van der Waals surface area contributed by atoms with Gasteiger partial charge in [-0.25, -0.2) is 0 Å². The van der Waals surface area contributed by atoms with E-state index in [2.05, 4.69) is 5.32 Å². The van der Waals surface area contributed by atoms with Gasteiger partial charge in [0.15, 0.2) is 0 Å². The van der Waals surface area contributed by atoms with Crippen LogP contribution in [0.2, 0.25) is 5.02 Å². The fraction of sp³-hybridized carbons (Fsp3) is 0.188. The Hall–Kier alpha value is -2.20. The summed E-state index contributed by atoms with van der Waals surface area (Å²) in [7, 11) is 1.50. The van der Waals surface area contributed by atoms with Crippen molar-refractivity contribution in [2.75, 3.05) is 18.2 Å². The highest BCUT2D eigenvalue weighted by Gasteiger charge is 2.14. The van der Waals surface area contributed by atoms with Crippen LogP contribution in [0.4, 0.5) is 11.4 Å². The van der Waals surface area contributed by atoms with Crippen LogP contribution in [0, 0.1) is 13.8 Å². The lowest BCUT2D eigenvalue weighted by Gasteiger charge is -2.13. The molecule has 0 saturated heterocycles. The number of anilines is 2. The van der Waals surface area contributed by atoms with Crippen LogP contribution in [0.15, 0.2) is 30.3 Å². The normalized spacial score (nSPS) is 10.3. The molecule has 0 saturated carbocycles. The van der Waals surface area contributed by atoms with E-state index < -0.39 is 0 Å². The summed E-state index contributed by atoms with van der Waals surface area (Å²) in [6.45, 7) is 3.79. The third-order valence-electron chi connectivity index (χ3n) is 3.27. The van der Waals surface area contributed by atoms with Crippen LogP contribution in [0.5, 0.6) is 5.75 Å². The number of halogens is 1. The Bertz CT molecular complexity index is 699. The standard InChI is InChI=1S/C16H17ClN2O2/c1-9-7-14(10(2)6-13(9)18)19-16(20)12-5-4-11(17)8-15(12)21-3/h4-8H,18H2,1-3H3,(H,19,20). The average molecular weight is 305 g/mol. The lowest BCUT2D eigenvalue weighted by atomic mass is 10.1. The molecule has 0 bridgehead atoms. The monoisotopic (exact) mass is 304 g/mol. The van der Waals surface area contributed by atoms with Crippen LogP contribution in [0.1, 0.15) is 21.5 Å². The summed E-state index contributed by atoms with van der Waals surface area (Å²) in [5.41, 5.74) is 9.52. The quantitative estimate of drug-likeness (QED) is 0.848. The number of hydrogen-bond acceptors (Lipinski definition) is 3. The molecule has 21 heavy (non-hydrogen) atoms. The Morgan fingerprint density at radius 2 is 1.90 bits per heavy atom. The molecule has 110 valence electrons. The summed E-state index contributed by atoms with van der Waals surface area (Å²) in [5, 5.41) is 3.39. The molecule has 0 radical (unpaired) electrons. The molecule has 5 heteroatoms. The maximum absolute atomic E-state index is 12.4. The third-order valence-corrected chi connectivity index (χ3v) is 3.50. The van der Waals surface area contributed by atoms with E-state index >= 15 is 0 Å². The van der Waals surface area contributed by atoms with Crippen molar-refractivity contribution < 1.29 is 9.53 Å². The first-order chi connectivity index (χ1) is 9.92. The number of benzene rings is 2. The largest absolute Gasteiger partial charge is 0.496 e. The number of carbonyl (C=O) groups excluding carboxylic acids is 1. The summed E-state index contributed by atoms with van der Waals surface area (Å²) in [6.07, 6.45) is 0. The fourth-order valence-electron chi connectivity index (χ4n) is 2.02. The minimum Gasteiger partial charge on any atom is -0.496 e. The maximum Gasteiger partial charge on any atom is 0.259 e. The molecular weight excluding hydrogens is 288 g/mol. The third kappa shape index (κ3) is 3.28. The van der Waals surface area contributed by atoms with Gasteiger partial charge in [-0.3, -0.25) is 4.79 Å². The number of nitrogens with two attached hydrogens (primary N) is 1. The van der Waals surface area contributed by atoms with Crippen molar-refractivity contribution in [3.05, 3.63) is 52.0 Å². The number of carbonyl (C=O) groups is 1. The zero-order valence-electron chi connectivity index (χ0n) is 12.2. The number of methoxy groups -OCH3 is 1. The van der Waals surface area contributed by atoms with Gasteiger partial charge in [-0.15, -0.1) is 0 Å². The van der Waals surface area contributed by atoms with Gasteiger partial charge < -0.3 is 15.8 Å². The van der Waals surface area contributed by atoms with Crippen molar-refractivity contribution in [3.8, 4) is 5.75 Å². The minimum atomic E-state index is -0.254. The maximum atomic E-state index is 12.4. The van der Waals surface area contributed by atoms with Crippen LogP contribution in [0.3, 0.4) is 0 Å². The van der Waals surface area contributed by atoms with Gasteiger partial charge in [0.25, 0.3) is 5.91 Å². The molecule has 0 aliphatic heterocycles. The van der Waals surface area contributed by atoms with Crippen molar-refractivity contribution >= 4 is 28.9 Å². The molecule has 2 aromatic carbocycles. The first-order valence-corrected chi connectivity index (χ1v) is 6.81. The van der Waals surface area contributed by atoms with Crippen LogP contribution in [-0.2, 0) is 0 Å². The Morgan fingerprint density at radius 1 is 1.19 bits per heavy atom. The summed E-state index contributed by atoms with van der Waals surface area (Å²) in [6, 6.07) is 8.59. The van der Waals surface area contributed by atoms with Crippen LogP contribution >= 0.6 is 11.6 Å². The molecule has 0 unspecified atom stereocenters. The zero-order chi connectivity index (χ0) is 15.6. The van der Waals surface area contributed by atoms with Crippen LogP contribution in [-0.4, -0.2) is 13.0 Å². The van der Waals surface area contributed by atoms with E-state index in [-0.39, 0.29) is 5.91 Å². The van der Waals surface area contributed by atoms with Gasteiger partial charge in [-0.1, -0.05) is 11.6 Å². The SMILES string of the molecule is COc1cc(Cl)ccc1C(=O)Nc1cc(C)c(N)cc1C. The van der Waals surface area contributed by atoms with Gasteiger partial charge in [-0.2, -0.15) is 0 Å². The molecule has 0 aliphatic rings. The molecule has 1 amide bonds. The van der Waals surface area contributed by atoms with E-state index in [1.807, 2.05) is 26.0 Å². The highest BCUT2D eigenvalue weighted by Crippen LogP contribution is 2.26. The highest BCUT2D eigenvalue weighted by atomic mass is 35.5. The fourth-order valence-corrected chi connectivity index (χ4v) is 2.18. The Balaban J connectivity index is 2.32. The zero-order valence-corrected chi connectivity index (χ0v) is 12.9. The number of hydrogen-bond donors (Lipinski definition) is 2. The predicted molar refractivity (Wildman–Crippen MR) is 86.3 cm³/mol. The van der Waals surface area contributed by atoms with Gasteiger partial charge in [0.1, 0.15) is 5.75 Å². The molecule has 0 spiro atoms. The molecule has 3 N–H and O–H groups in total. The number of aryl methyl sites for hydroxylation is 2. The Kier molecular flexibility index (Phi) is 4.38. The molecule has 0 aromatic heterocycles. The smallest absolute Gasteiger partial charge is 0.259 e. The highest BCUT2D eigenvalue weighted by molar-refractivity contribution is 6.31. The molecule has 2 aromatic rings. The molecule has 0 aliphatic carbocycles. The number of ether oxygens (including phenoxy) is 1. The summed E-state index contributed by atoms with van der Waals surface area (Å²) in [4.78, 5) is 12.4. The molecular formula is C16H17ClN2O2. The van der Waals surface area contributed by atoms with Crippen molar-refractivity contribution in [3.63, 3.8) is 0 Å². The van der Waals surface area contributed by atoms with Crippen molar-refractivity contribution in [1.29, 1.82) is 0 Å². The number of rotatable bonds is 3. The van der Waals surface area contributed by atoms with Gasteiger partial charge in [-0.05, 0) is 55.3 Å². The van der Waals surface area contributed by atoms with E-state index in [0.29, 0.717) is 22.0 Å². The molecule has 4 nitrogen and oxygen atoms in total. The van der Waals surface area contributed by atoms with E-state index in [1.165, 1.54) is 7.11 Å². The minimum absolute atomic E-state index is 0.254. The first kappa shape index (κ1) is 15.2. The van der Waals surface area contributed by atoms with E-state index in [0.717, 1.165) is 16.8 Å². The first-order valence-electron chi connectivity index (χ1n) is 6.44. The number of amides is 1.